The lowest BCUT2D eigenvalue weighted by Crippen LogP contribution is -2.63. The van der Waals surface area contributed by atoms with Gasteiger partial charge in [-0.3, -0.25) is 0 Å². The number of unbranched alkanes of at least 4 members (excludes halogenated alkanes) is 4. The van der Waals surface area contributed by atoms with Crippen LogP contribution in [0.2, 0.25) is 34.4 Å². The molecule has 0 N–H and O–H groups in total. The molecule has 0 saturated heterocycles. The third kappa shape index (κ3) is 6.21. The average Bonchev–Trinajstić information content (AvgIpc) is 2.69. The lowest BCUT2D eigenvalue weighted by atomic mass is 10.1. The van der Waals surface area contributed by atoms with Crippen LogP contribution in [0.4, 0.5) is 4.39 Å². The molecule has 0 aliphatic heterocycles. The highest BCUT2D eigenvalue weighted by atomic mass is 28.4. The van der Waals surface area contributed by atoms with Gasteiger partial charge in [0.25, 0.3) is 8.32 Å². The van der Waals surface area contributed by atoms with Crippen LogP contribution in [0.25, 0.3) is 0 Å². The van der Waals surface area contributed by atoms with Crippen LogP contribution >= 0.6 is 0 Å². The van der Waals surface area contributed by atoms with Crippen molar-refractivity contribution in [1.29, 1.82) is 0 Å². The number of hydrogen-bond acceptors (Lipinski definition) is 1. The molecule has 1 aromatic carbocycles. The zero-order chi connectivity index (χ0) is 23.0. The molecular formula is C26H48FOSi2. The highest BCUT2D eigenvalue weighted by Crippen LogP contribution is 2.56. The maximum absolute atomic E-state index is 14.7. The fourth-order valence-corrected chi connectivity index (χ4v) is 21.2. The van der Waals surface area contributed by atoms with Gasteiger partial charge in [-0.15, -0.1) is 0 Å². The van der Waals surface area contributed by atoms with Crippen molar-refractivity contribution >= 4 is 16.4 Å². The Morgan fingerprint density at radius 1 is 1.03 bits per heavy atom. The van der Waals surface area contributed by atoms with Crippen LogP contribution in [0.1, 0.15) is 93.9 Å². The topological polar surface area (TPSA) is 9.23 Å². The van der Waals surface area contributed by atoms with Crippen LogP contribution in [0.3, 0.4) is 0 Å². The Morgan fingerprint density at radius 3 is 2.10 bits per heavy atom. The number of benzene rings is 1. The van der Waals surface area contributed by atoms with E-state index in [1.165, 1.54) is 50.6 Å². The average molecular weight is 452 g/mol. The minimum atomic E-state index is -2.42. The summed E-state index contributed by atoms with van der Waals surface area (Å²) in [5, 5.41) is 0.636. The molecule has 0 aromatic heterocycles. The van der Waals surface area contributed by atoms with Crippen LogP contribution in [-0.2, 0) is 0 Å². The van der Waals surface area contributed by atoms with Crippen LogP contribution < -0.4 is 4.43 Å². The van der Waals surface area contributed by atoms with Gasteiger partial charge < -0.3 is 4.43 Å². The Hall–Kier alpha value is -0.616. The molecule has 30 heavy (non-hydrogen) atoms. The Kier molecular flexibility index (Phi) is 10.8. The molecule has 0 bridgehead atoms. The van der Waals surface area contributed by atoms with Gasteiger partial charge in [0.15, 0.2) is 5.82 Å². The van der Waals surface area contributed by atoms with Crippen molar-refractivity contribution in [2.75, 3.05) is 0 Å². The maximum atomic E-state index is 14.7. The van der Waals surface area contributed by atoms with E-state index < -0.39 is 16.4 Å². The van der Waals surface area contributed by atoms with Gasteiger partial charge in [0.2, 0.25) is 0 Å². The Labute approximate surface area is 189 Å². The summed E-state index contributed by atoms with van der Waals surface area (Å²) in [5.74, 6) is 0.0877. The molecule has 2 unspecified atom stereocenters. The SMILES string of the molecule is CCCCCCCC([Si](C)(CC)CC)[Si](Oc1ccc[c]c1F)(C(C)C)C(C)(C)C. The molecule has 0 saturated carbocycles. The van der Waals surface area contributed by atoms with E-state index in [1.54, 1.807) is 6.07 Å². The minimum absolute atomic E-state index is 0.0239. The lowest BCUT2D eigenvalue weighted by molar-refractivity contribution is 0.415. The van der Waals surface area contributed by atoms with E-state index in [-0.39, 0.29) is 10.9 Å². The predicted molar refractivity (Wildman–Crippen MR) is 136 cm³/mol. The number of halogens is 1. The van der Waals surface area contributed by atoms with Gasteiger partial charge in [-0.2, -0.15) is 0 Å². The standard InChI is InChI=1S/C26H48FOSi2/c1-10-13-14-15-16-21-25(29(9,11-2)12-3)30(22(4)5,26(6,7)8)28-24-20-18-17-19-23(24)27/h17-18,20,22,25H,10-16,21H2,1-9H3. The van der Waals surface area contributed by atoms with Crippen LogP contribution in [0, 0.1) is 11.9 Å². The number of rotatable bonds is 13. The van der Waals surface area contributed by atoms with Gasteiger partial charge in [-0.1, -0.05) is 125 Å². The number of hydrogen-bond donors (Lipinski definition) is 0. The van der Waals surface area contributed by atoms with E-state index >= 15 is 0 Å². The summed E-state index contributed by atoms with van der Waals surface area (Å²) < 4.78 is 21.8. The van der Waals surface area contributed by atoms with Crippen molar-refractivity contribution in [2.24, 2.45) is 0 Å². The first kappa shape index (κ1) is 27.4. The third-order valence-corrected chi connectivity index (χ3v) is 22.2. The molecule has 1 radical (unpaired) electrons. The molecule has 173 valence electrons. The summed E-state index contributed by atoms with van der Waals surface area (Å²) in [7, 11) is -3.99. The van der Waals surface area contributed by atoms with Gasteiger partial charge in [-0.05, 0) is 21.8 Å². The van der Waals surface area contributed by atoms with Crippen molar-refractivity contribution in [1.82, 2.24) is 0 Å². The molecular weight excluding hydrogens is 403 g/mol. The second-order valence-corrected chi connectivity index (χ2v) is 21.9. The van der Waals surface area contributed by atoms with Crippen LogP contribution in [-0.4, -0.2) is 16.4 Å². The second kappa shape index (κ2) is 11.8. The molecule has 0 heterocycles. The van der Waals surface area contributed by atoms with Gasteiger partial charge in [0.05, 0.1) is 8.07 Å². The molecule has 4 heteroatoms. The summed E-state index contributed by atoms with van der Waals surface area (Å²) >= 11 is 0. The fraction of sp³-hybridized carbons (Fsp3) is 0.769. The molecule has 0 amide bonds. The molecule has 1 nitrogen and oxygen atoms in total. The summed E-state index contributed by atoms with van der Waals surface area (Å²) in [6, 6.07) is 10.6. The van der Waals surface area contributed by atoms with Crippen molar-refractivity contribution in [2.45, 2.75) is 128 Å². The smallest absolute Gasteiger partial charge is 0.259 e. The van der Waals surface area contributed by atoms with E-state index in [1.807, 2.05) is 12.1 Å². The largest absolute Gasteiger partial charge is 0.541 e. The lowest BCUT2D eigenvalue weighted by Gasteiger charge is -2.55. The van der Waals surface area contributed by atoms with Gasteiger partial charge in [0.1, 0.15) is 5.75 Å². The van der Waals surface area contributed by atoms with E-state index in [9.17, 15) is 4.39 Å². The van der Waals surface area contributed by atoms with Gasteiger partial charge >= 0.3 is 0 Å². The van der Waals surface area contributed by atoms with Crippen molar-refractivity contribution in [3.8, 4) is 5.75 Å². The molecule has 0 aliphatic carbocycles. The first-order valence-corrected chi connectivity index (χ1v) is 17.4. The summed E-state index contributed by atoms with van der Waals surface area (Å²) in [6.07, 6.45) is 7.76. The second-order valence-electron chi connectivity index (χ2n) is 10.8. The summed E-state index contributed by atoms with van der Waals surface area (Å²) in [4.78, 5) is 0. The molecule has 1 aromatic rings. The van der Waals surface area contributed by atoms with Crippen molar-refractivity contribution in [3.05, 3.63) is 30.1 Å². The Morgan fingerprint density at radius 2 is 1.63 bits per heavy atom. The van der Waals surface area contributed by atoms with E-state index in [0.717, 1.165) is 0 Å². The predicted octanol–water partition coefficient (Wildman–Crippen LogP) is 9.55. The van der Waals surface area contributed by atoms with Crippen LogP contribution in [0.15, 0.2) is 18.2 Å². The molecule has 2 atom stereocenters. The van der Waals surface area contributed by atoms with Crippen LogP contribution in [0.5, 0.6) is 5.75 Å². The van der Waals surface area contributed by atoms with Gasteiger partial charge in [0, 0.05) is 6.07 Å². The molecule has 0 spiro atoms. The van der Waals surface area contributed by atoms with Crippen molar-refractivity contribution < 1.29 is 8.82 Å². The molecule has 0 aliphatic rings. The minimum Gasteiger partial charge on any atom is -0.541 e. The zero-order valence-electron chi connectivity index (χ0n) is 21.3. The zero-order valence-corrected chi connectivity index (χ0v) is 23.3. The Balaban J connectivity index is 3.52. The highest BCUT2D eigenvalue weighted by molar-refractivity contribution is 6.98. The quantitative estimate of drug-likeness (QED) is 0.214. The highest BCUT2D eigenvalue weighted by Gasteiger charge is 2.61. The fourth-order valence-electron chi connectivity index (χ4n) is 5.57. The first-order chi connectivity index (χ1) is 14.0. The first-order valence-electron chi connectivity index (χ1n) is 12.3. The third-order valence-electron chi connectivity index (χ3n) is 7.65. The Bertz CT molecular complexity index is 622. The maximum Gasteiger partial charge on any atom is 0.259 e. The van der Waals surface area contributed by atoms with Gasteiger partial charge in [-0.25, -0.2) is 4.39 Å². The molecule has 0 fully saturated rings. The van der Waals surface area contributed by atoms with E-state index in [0.29, 0.717) is 16.5 Å². The van der Waals surface area contributed by atoms with E-state index in [4.69, 9.17) is 4.43 Å². The normalized spacial score (nSPS) is 15.8. The van der Waals surface area contributed by atoms with Crippen molar-refractivity contribution in [3.63, 3.8) is 0 Å². The summed E-state index contributed by atoms with van der Waals surface area (Å²) in [6.45, 7) is 21.4. The monoisotopic (exact) mass is 451 g/mol. The summed E-state index contributed by atoms with van der Waals surface area (Å²) in [5.41, 5.74) is 0.419. The molecule has 1 rings (SSSR count). The van der Waals surface area contributed by atoms with E-state index in [2.05, 4.69) is 68.0 Å².